The van der Waals surface area contributed by atoms with Gasteiger partial charge in [0.05, 0.1) is 23.7 Å². The Morgan fingerprint density at radius 2 is 1.66 bits per heavy atom. The van der Waals surface area contributed by atoms with Gasteiger partial charge in [-0.05, 0) is 83.9 Å². The lowest BCUT2D eigenvalue weighted by Gasteiger charge is -2.50. The van der Waals surface area contributed by atoms with Crippen LogP contribution in [0.25, 0.3) is 10.9 Å². The summed E-state index contributed by atoms with van der Waals surface area (Å²) in [5.41, 5.74) is 4.44. The first-order chi connectivity index (χ1) is 24.3. The predicted octanol–water partition coefficient (Wildman–Crippen LogP) is 5.80. The van der Waals surface area contributed by atoms with E-state index in [4.69, 9.17) is 4.74 Å². The fourth-order valence-electron chi connectivity index (χ4n) is 7.55. The number of amides is 1. The summed E-state index contributed by atoms with van der Waals surface area (Å²) in [4.78, 5) is 31.4. The third-order valence-electron chi connectivity index (χ3n) is 10.1. The molecular weight excluding hydrogens is 632 g/mol. The highest BCUT2D eigenvalue weighted by molar-refractivity contribution is 5.87. The maximum Gasteiger partial charge on any atom is 0.408 e. The summed E-state index contributed by atoms with van der Waals surface area (Å²) in [7, 11) is 0. The lowest BCUT2D eigenvalue weighted by atomic mass is 9.81. The Hall–Kier alpha value is -5.16. The molecule has 2 bridgehead atoms. The Kier molecular flexibility index (Phi) is 9.84. The van der Waals surface area contributed by atoms with Crippen molar-refractivity contribution in [1.29, 1.82) is 0 Å². The van der Waals surface area contributed by atoms with Gasteiger partial charge in [0, 0.05) is 31.1 Å². The Labute approximate surface area is 290 Å². The number of ether oxygens (including phenoxy) is 1. The number of nitrogens with zero attached hydrogens (tertiary/aromatic N) is 2. The molecule has 3 aliphatic rings. The number of aromatic amines is 1. The Bertz CT molecular complexity index is 1990. The first-order valence-electron chi connectivity index (χ1n) is 17.2. The van der Waals surface area contributed by atoms with E-state index in [0.717, 1.165) is 54.7 Å². The first kappa shape index (κ1) is 33.3. The molecule has 8 rings (SSSR count). The molecule has 5 N–H and O–H groups in total. The number of benzene rings is 4. The molecule has 0 spiro atoms. The third-order valence-corrected chi connectivity index (χ3v) is 10.1. The highest BCUT2D eigenvalue weighted by Crippen LogP contribution is 2.39. The summed E-state index contributed by atoms with van der Waals surface area (Å²) in [5, 5.41) is 35.5. The van der Waals surface area contributed by atoms with Crippen molar-refractivity contribution in [2.24, 2.45) is 5.92 Å². The van der Waals surface area contributed by atoms with E-state index < -0.39 is 18.2 Å². The highest BCUT2D eigenvalue weighted by atomic mass is 16.5. The zero-order valence-electron chi connectivity index (χ0n) is 27.7. The number of aliphatic hydroxyl groups is 1. The Balaban J connectivity index is 0.994. The van der Waals surface area contributed by atoms with Crippen molar-refractivity contribution in [1.82, 2.24) is 20.1 Å². The van der Waals surface area contributed by atoms with Crippen molar-refractivity contribution >= 4 is 17.0 Å². The molecule has 50 heavy (non-hydrogen) atoms. The average molecular weight is 675 g/mol. The van der Waals surface area contributed by atoms with Gasteiger partial charge in [-0.1, -0.05) is 72.8 Å². The zero-order chi connectivity index (χ0) is 34.6. The summed E-state index contributed by atoms with van der Waals surface area (Å²) in [6.07, 6.45) is 0.306. The lowest BCUT2D eigenvalue weighted by Crippen LogP contribution is -2.59. The van der Waals surface area contributed by atoms with Crippen molar-refractivity contribution < 1.29 is 24.9 Å². The minimum atomic E-state index is -0.903. The van der Waals surface area contributed by atoms with Crippen LogP contribution in [0.4, 0.5) is 4.79 Å². The van der Waals surface area contributed by atoms with Gasteiger partial charge in [0.15, 0.2) is 0 Å². The van der Waals surface area contributed by atoms with Gasteiger partial charge in [0.25, 0.3) is 0 Å². The molecule has 10 nitrogen and oxygen atoms in total. The smallest absolute Gasteiger partial charge is 0.408 e. The van der Waals surface area contributed by atoms with E-state index in [1.165, 1.54) is 12.1 Å². The Morgan fingerprint density at radius 1 is 0.920 bits per heavy atom. The topological polar surface area (TPSA) is 138 Å². The fraction of sp³-hybridized carbons (Fsp3) is 0.300. The number of carbonyl (C=O) groups is 1. The van der Waals surface area contributed by atoms with Crippen LogP contribution >= 0.6 is 0 Å². The van der Waals surface area contributed by atoms with Crippen LogP contribution in [0, 0.1) is 5.92 Å². The summed E-state index contributed by atoms with van der Waals surface area (Å²) in [5.74, 6) is 0.991. The predicted molar refractivity (Wildman–Crippen MR) is 191 cm³/mol. The summed E-state index contributed by atoms with van der Waals surface area (Å²) in [6.45, 7) is 4.01. The maximum absolute atomic E-state index is 13.0. The van der Waals surface area contributed by atoms with Crippen LogP contribution in [0.2, 0.25) is 0 Å². The maximum atomic E-state index is 13.0. The van der Waals surface area contributed by atoms with E-state index in [-0.39, 0.29) is 23.9 Å². The van der Waals surface area contributed by atoms with Gasteiger partial charge in [-0.3, -0.25) is 9.69 Å². The van der Waals surface area contributed by atoms with Crippen LogP contribution < -0.4 is 15.6 Å². The normalized spacial score (nSPS) is 19.6. The van der Waals surface area contributed by atoms with E-state index in [1.807, 2.05) is 78.9 Å². The molecule has 3 fully saturated rings. The summed E-state index contributed by atoms with van der Waals surface area (Å²) >= 11 is 0. The van der Waals surface area contributed by atoms with Crippen LogP contribution in [-0.2, 0) is 13.2 Å². The van der Waals surface area contributed by atoms with Gasteiger partial charge in [0.2, 0.25) is 5.56 Å². The molecule has 258 valence electrons. The number of rotatable bonds is 12. The van der Waals surface area contributed by atoms with Crippen LogP contribution in [0.3, 0.4) is 0 Å². The number of phenolic OH excluding ortho intramolecular Hbond substituents is 1. The van der Waals surface area contributed by atoms with Gasteiger partial charge in [-0.15, -0.1) is 0 Å². The number of hydrogen-bond acceptors (Lipinski definition) is 7. The number of aromatic hydroxyl groups is 1. The first-order valence-corrected chi connectivity index (χ1v) is 17.2. The number of fused-ring (bicyclic) bond motifs is 4. The average Bonchev–Trinajstić information content (AvgIpc) is 3.14. The fourth-order valence-corrected chi connectivity index (χ4v) is 7.55. The zero-order valence-corrected chi connectivity index (χ0v) is 27.7. The SMILES string of the molecule is O=C(O)N([C@@H](c1ccccc1)c1cccc(OCc2ccc(CNC[C@H](O)c3ccc(O)c4[nH]c(=O)ccc34)cc2)c1)[C@H]1CN2CCC1CC2. The van der Waals surface area contributed by atoms with Crippen LogP contribution in [0.1, 0.15) is 52.8 Å². The number of phenols is 1. The van der Waals surface area contributed by atoms with Crippen LogP contribution in [-0.4, -0.2) is 68.4 Å². The minimum absolute atomic E-state index is 0.0424. The molecule has 0 radical (unpaired) electrons. The van der Waals surface area contributed by atoms with Crippen molar-refractivity contribution in [3.05, 3.63) is 141 Å². The molecule has 0 saturated carbocycles. The van der Waals surface area contributed by atoms with Crippen LogP contribution in [0.5, 0.6) is 11.5 Å². The van der Waals surface area contributed by atoms with Crippen molar-refractivity contribution in [2.75, 3.05) is 26.2 Å². The summed E-state index contributed by atoms with van der Waals surface area (Å²) < 4.78 is 6.24. The molecule has 4 aromatic carbocycles. The number of aliphatic hydroxyl groups excluding tert-OH is 1. The van der Waals surface area contributed by atoms with Gasteiger partial charge >= 0.3 is 6.09 Å². The standard InChI is InChI=1S/C40H42N4O6/c45-35-15-13-32(33-14-16-37(47)42-38(33)35)36(46)23-41-22-26-9-11-27(12-10-26)25-50-31-8-4-7-30(21-31)39(29-5-2-1-3-6-29)44(40(48)49)34-24-43-19-17-28(34)18-20-43/h1-16,21,28,34,36,39,41,45-46H,17-20,22-25H2,(H,42,47)(H,48,49)/t34-,36-,39-/m0/s1. The van der Waals surface area contributed by atoms with E-state index >= 15 is 0 Å². The second kappa shape index (κ2) is 14.8. The van der Waals surface area contributed by atoms with Crippen molar-refractivity contribution in [3.63, 3.8) is 0 Å². The second-order valence-corrected chi connectivity index (χ2v) is 13.3. The summed E-state index contributed by atoms with van der Waals surface area (Å²) in [6, 6.07) is 31.3. The molecule has 1 aromatic heterocycles. The molecule has 3 aliphatic heterocycles. The molecule has 0 unspecified atom stereocenters. The number of aromatic nitrogens is 1. The Morgan fingerprint density at radius 3 is 2.38 bits per heavy atom. The number of carboxylic acid groups (broad SMARTS) is 1. The third kappa shape index (κ3) is 7.23. The second-order valence-electron chi connectivity index (χ2n) is 13.3. The number of hydrogen-bond donors (Lipinski definition) is 5. The minimum Gasteiger partial charge on any atom is -0.506 e. The number of nitrogens with one attached hydrogen (secondary N) is 2. The van der Waals surface area contributed by atoms with Crippen molar-refractivity contribution in [2.45, 2.75) is 44.2 Å². The molecule has 3 saturated heterocycles. The molecule has 4 heterocycles. The molecule has 3 atom stereocenters. The molecule has 0 aliphatic carbocycles. The molecular formula is C40H42N4O6. The monoisotopic (exact) mass is 674 g/mol. The molecule has 10 heteroatoms. The molecule has 5 aromatic rings. The molecule has 1 amide bonds. The van der Waals surface area contributed by atoms with E-state index in [1.54, 1.807) is 17.0 Å². The van der Waals surface area contributed by atoms with Gasteiger partial charge in [0.1, 0.15) is 18.1 Å². The number of pyridine rings is 1. The highest BCUT2D eigenvalue weighted by Gasteiger charge is 2.43. The van der Waals surface area contributed by atoms with E-state index in [0.29, 0.717) is 41.3 Å². The van der Waals surface area contributed by atoms with E-state index in [9.17, 15) is 24.9 Å². The van der Waals surface area contributed by atoms with Gasteiger partial charge in [-0.2, -0.15) is 0 Å². The van der Waals surface area contributed by atoms with Gasteiger partial charge in [-0.25, -0.2) is 4.79 Å². The largest absolute Gasteiger partial charge is 0.506 e. The van der Waals surface area contributed by atoms with Crippen LogP contribution in [0.15, 0.2) is 108 Å². The van der Waals surface area contributed by atoms with Gasteiger partial charge < -0.3 is 35.3 Å². The lowest BCUT2D eigenvalue weighted by molar-refractivity contribution is -0.000812. The number of H-pyrrole nitrogens is 1. The van der Waals surface area contributed by atoms with Crippen molar-refractivity contribution in [3.8, 4) is 11.5 Å². The number of piperidine rings is 3. The van der Waals surface area contributed by atoms with E-state index in [2.05, 4.69) is 15.2 Å². The quantitative estimate of drug-likeness (QED) is 0.112.